The third kappa shape index (κ3) is 2.49. The number of carbonyl (C=O) groups excluding carboxylic acids is 1. The van der Waals surface area contributed by atoms with Gasteiger partial charge in [0, 0.05) is 6.92 Å². The van der Waals surface area contributed by atoms with Crippen molar-refractivity contribution in [2.24, 2.45) is 0 Å². The molecule has 1 aromatic carbocycles. The van der Waals surface area contributed by atoms with Crippen molar-refractivity contribution < 1.29 is 9.53 Å². The molecule has 1 aromatic rings. The summed E-state index contributed by atoms with van der Waals surface area (Å²) in [5.41, 5.74) is 1.08. The summed E-state index contributed by atoms with van der Waals surface area (Å²) >= 11 is 5.87. The molecule has 80 valence electrons. The second kappa shape index (κ2) is 3.83. The first-order valence-corrected chi connectivity index (χ1v) is 5.18. The molecule has 1 fully saturated rings. The molecular weight excluding hydrogens is 214 g/mol. The van der Waals surface area contributed by atoms with Crippen molar-refractivity contribution >= 4 is 17.6 Å². The lowest BCUT2D eigenvalue weighted by molar-refractivity contribution is -0.143. The maximum absolute atomic E-state index is 11.4. The molecule has 2 rings (SSSR count). The highest BCUT2D eigenvalue weighted by atomic mass is 35.5. The fourth-order valence-corrected chi connectivity index (χ4v) is 1.85. The van der Waals surface area contributed by atoms with Gasteiger partial charge < -0.3 is 4.74 Å². The van der Waals surface area contributed by atoms with Gasteiger partial charge in [-0.15, -0.1) is 0 Å². The summed E-state index contributed by atoms with van der Waals surface area (Å²) in [4.78, 5) is 11.4. The van der Waals surface area contributed by atoms with Crippen LogP contribution in [0.5, 0.6) is 0 Å². The minimum atomic E-state index is -1.06. The second-order valence-electron chi connectivity index (χ2n) is 3.72. The van der Waals surface area contributed by atoms with Gasteiger partial charge in [-0.25, -0.2) is 0 Å². The SMILES string of the molecule is C[C@@]1(Cl)N[C@@H](Cc2ccccc2)C(=O)O1. The maximum Gasteiger partial charge on any atom is 0.326 e. The van der Waals surface area contributed by atoms with Crippen molar-refractivity contribution in [2.45, 2.75) is 24.6 Å². The summed E-state index contributed by atoms with van der Waals surface area (Å²) in [5, 5.41) is 1.86. The van der Waals surface area contributed by atoms with Gasteiger partial charge in [0.05, 0.1) is 0 Å². The molecule has 0 spiro atoms. The molecule has 1 aliphatic heterocycles. The van der Waals surface area contributed by atoms with E-state index in [1.165, 1.54) is 0 Å². The van der Waals surface area contributed by atoms with Crippen LogP contribution in [0.4, 0.5) is 0 Å². The van der Waals surface area contributed by atoms with Gasteiger partial charge in [0.15, 0.2) is 0 Å². The van der Waals surface area contributed by atoms with Crippen LogP contribution in [0.15, 0.2) is 30.3 Å². The number of cyclic esters (lactones) is 1. The average molecular weight is 226 g/mol. The van der Waals surface area contributed by atoms with Gasteiger partial charge in [-0.1, -0.05) is 41.9 Å². The summed E-state index contributed by atoms with van der Waals surface area (Å²) in [6.45, 7) is 1.62. The Morgan fingerprint density at radius 2 is 2.13 bits per heavy atom. The summed E-state index contributed by atoms with van der Waals surface area (Å²) in [5.74, 6) is -0.295. The standard InChI is InChI=1S/C11H12ClNO2/c1-11(12)13-9(10(14)15-11)7-8-5-3-2-4-6-8/h2-6,9,13H,7H2,1H3/t9-,11+/m0/s1. The molecular formula is C11H12ClNO2. The van der Waals surface area contributed by atoms with E-state index in [2.05, 4.69) is 5.32 Å². The molecule has 0 aromatic heterocycles. The van der Waals surface area contributed by atoms with E-state index < -0.39 is 5.18 Å². The van der Waals surface area contributed by atoms with E-state index in [-0.39, 0.29) is 12.0 Å². The number of carbonyl (C=O) groups is 1. The molecule has 1 saturated heterocycles. The number of benzene rings is 1. The van der Waals surface area contributed by atoms with E-state index in [9.17, 15) is 4.79 Å². The predicted molar refractivity (Wildman–Crippen MR) is 57.4 cm³/mol. The topological polar surface area (TPSA) is 38.3 Å². The third-order valence-electron chi connectivity index (χ3n) is 2.29. The molecule has 0 unspecified atom stereocenters. The smallest absolute Gasteiger partial charge is 0.326 e. The number of alkyl halides is 1. The van der Waals surface area contributed by atoms with E-state index in [1.54, 1.807) is 6.92 Å². The first-order chi connectivity index (χ1) is 7.07. The van der Waals surface area contributed by atoms with E-state index in [0.29, 0.717) is 6.42 Å². The predicted octanol–water partition coefficient (Wildman–Crippen LogP) is 1.66. The van der Waals surface area contributed by atoms with Gasteiger partial charge in [0.2, 0.25) is 5.18 Å². The van der Waals surface area contributed by atoms with Crippen LogP contribution in [0.2, 0.25) is 0 Å². The molecule has 0 radical (unpaired) electrons. The Labute approximate surface area is 93.4 Å². The first-order valence-electron chi connectivity index (χ1n) is 4.80. The van der Waals surface area contributed by atoms with Crippen molar-refractivity contribution in [1.29, 1.82) is 0 Å². The summed E-state index contributed by atoms with van der Waals surface area (Å²) in [6, 6.07) is 9.41. The van der Waals surface area contributed by atoms with Gasteiger partial charge in [0.1, 0.15) is 6.04 Å². The van der Waals surface area contributed by atoms with Gasteiger partial charge in [-0.2, -0.15) is 0 Å². The number of halogens is 1. The molecule has 1 aliphatic rings. The second-order valence-corrected chi connectivity index (χ2v) is 4.45. The van der Waals surface area contributed by atoms with E-state index >= 15 is 0 Å². The van der Waals surface area contributed by atoms with Gasteiger partial charge in [-0.3, -0.25) is 10.1 Å². The molecule has 4 heteroatoms. The minimum absolute atomic E-state index is 0.295. The Balaban J connectivity index is 2.05. The van der Waals surface area contributed by atoms with Crippen molar-refractivity contribution in [3.8, 4) is 0 Å². The first kappa shape index (κ1) is 10.5. The van der Waals surface area contributed by atoms with Gasteiger partial charge in [0.25, 0.3) is 0 Å². The number of rotatable bonds is 2. The number of hydrogen-bond acceptors (Lipinski definition) is 3. The number of esters is 1. The Kier molecular flexibility index (Phi) is 2.67. The molecule has 0 bridgehead atoms. The average Bonchev–Trinajstić information content (AvgIpc) is 2.41. The van der Waals surface area contributed by atoms with E-state index in [0.717, 1.165) is 5.56 Å². The third-order valence-corrected chi connectivity index (χ3v) is 2.48. The highest BCUT2D eigenvalue weighted by molar-refractivity contribution is 6.23. The number of nitrogens with one attached hydrogen (secondary N) is 1. The molecule has 1 N–H and O–H groups in total. The molecule has 0 saturated carbocycles. The van der Waals surface area contributed by atoms with Crippen LogP contribution in [0.3, 0.4) is 0 Å². The molecule has 1 heterocycles. The molecule has 2 atom stereocenters. The lowest BCUT2D eigenvalue weighted by Crippen LogP contribution is -2.37. The van der Waals surface area contributed by atoms with Crippen molar-refractivity contribution in [1.82, 2.24) is 5.32 Å². The van der Waals surface area contributed by atoms with Crippen molar-refractivity contribution in [3.05, 3.63) is 35.9 Å². The largest absolute Gasteiger partial charge is 0.429 e. The van der Waals surface area contributed by atoms with Gasteiger partial charge in [-0.05, 0) is 12.0 Å². The summed E-state index contributed by atoms with van der Waals surface area (Å²) in [6.07, 6.45) is 0.599. The van der Waals surface area contributed by atoms with Crippen molar-refractivity contribution in [3.63, 3.8) is 0 Å². The fraction of sp³-hybridized carbons (Fsp3) is 0.364. The van der Waals surface area contributed by atoms with Crippen LogP contribution in [0.25, 0.3) is 0 Å². The lowest BCUT2D eigenvalue weighted by atomic mass is 10.1. The monoisotopic (exact) mass is 225 g/mol. The fourth-order valence-electron chi connectivity index (χ4n) is 1.64. The lowest BCUT2D eigenvalue weighted by Gasteiger charge is -2.13. The van der Waals surface area contributed by atoms with Crippen molar-refractivity contribution in [2.75, 3.05) is 0 Å². The minimum Gasteiger partial charge on any atom is -0.429 e. The number of ether oxygens (including phenoxy) is 1. The Morgan fingerprint density at radius 3 is 2.67 bits per heavy atom. The van der Waals surface area contributed by atoms with E-state index in [1.807, 2.05) is 30.3 Å². The zero-order chi connectivity index (χ0) is 10.9. The Hall–Kier alpha value is -1.06. The Bertz CT molecular complexity index is 364. The highest BCUT2D eigenvalue weighted by Gasteiger charge is 2.40. The van der Waals surface area contributed by atoms with Crippen LogP contribution >= 0.6 is 11.6 Å². The molecule has 15 heavy (non-hydrogen) atoms. The summed E-state index contributed by atoms with van der Waals surface area (Å²) < 4.78 is 4.95. The molecule has 0 aliphatic carbocycles. The van der Waals surface area contributed by atoms with Crippen LogP contribution in [-0.4, -0.2) is 17.2 Å². The quantitative estimate of drug-likeness (QED) is 0.473. The molecule has 3 nitrogen and oxygen atoms in total. The highest BCUT2D eigenvalue weighted by Crippen LogP contribution is 2.22. The van der Waals surface area contributed by atoms with E-state index in [4.69, 9.17) is 16.3 Å². The number of hydrogen-bond donors (Lipinski definition) is 1. The van der Waals surface area contributed by atoms with Crippen LogP contribution in [0, 0.1) is 0 Å². The van der Waals surface area contributed by atoms with Crippen LogP contribution in [-0.2, 0) is 16.0 Å². The zero-order valence-electron chi connectivity index (χ0n) is 8.37. The maximum atomic E-state index is 11.4. The Morgan fingerprint density at radius 1 is 1.47 bits per heavy atom. The normalized spacial score (nSPS) is 30.3. The zero-order valence-corrected chi connectivity index (χ0v) is 9.12. The van der Waals surface area contributed by atoms with Crippen LogP contribution < -0.4 is 5.32 Å². The van der Waals surface area contributed by atoms with Gasteiger partial charge >= 0.3 is 5.97 Å². The van der Waals surface area contributed by atoms with Crippen LogP contribution in [0.1, 0.15) is 12.5 Å². The summed E-state index contributed by atoms with van der Waals surface area (Å²) in [7, 11) is 0. The molecule has 0 amide bonds.